The van der Waals surface area contributed by atoms with Crippen LogP contribution >= 0.6 is 0 Å². The number of hydrogen-bond acceptors (Lipinski definition) is 4. The molecule has 0 saturated carbocycles. The highest BCUT2D eigenvalue weighted by molar-refractivity contribution is 5.91. The summed E-state index contributed by atoms with van der Waals surface area (Å²) in [5, 5.41) is 15.4. The van der Waals surface area contributed by atoms with Crippen molar-refractivity contribution in [3.8, 4) is 0 Å². The van der Waals surface area contributed by atoms with E-state index in [0.717, 1.165) is 18.4 Å². The van der Waals surface area contributed by atoms with Gasteiger partial charge in [-0.25, -0.2) is 0 Å². The minimum atomic E-state index is -0.455. The minimum absolute atomic E-state index is 0.00364. The molecule has 1 saturated heterocycles. The molecule has 1 aliphatic heterocycles. The van der Waals surface area contributed by atoms with Crippen LogP contribution in [0.25, 0.3) is 6.08 Å². The molecule has 1 spiro atoms. The number of carbonyl (C=O) groups is 1. The molecule has 1 N–H and O–H groups in total. The normalized spacial score (nSPS) is 23.7. The van der Waals surface area contributed by atoms with Crippen molar-refractivity contribution in [3.63, 3.8) is 0 Å². The van der Waals surface area contributed by atoms with E-state index in [4.69, 9.17) is 0 Å². The second-order valence-electron chi connectivity index (χ2n) is 8.20. The van der Waals surface area contributed by atoms with E-state index in [2.05, 4.69) is 28.2 Å². The summed E-state index contributed by atoms with van der Waals surface area (Å²) in [6.45, 7) is 1.31. The van der Waals surface area contributed by atoms with Crippen molar-refractivity contribution in [2.45, 2.75) is 30.4 Å². The molecule has 2 aliphatic rings. The van der Waals surface area contributed by atoms with Gasteiger partial charge in [-0.1, -0.05) is 24.3 Å². The smallest absolute Gasteiger partial charge is 0.246 e. The van der Waals surface area contributed by atoms with Gasteiger partial charge in [0.1, 0.15) is 0 Å². The molecule has 0 bridgehead atoms. The Balaban J connectivity index is 1.50. The number of fused-ring (bicyclic) bond motifs is 2. The first-order chi connectivity index (χ1) is 13.4. The van der Waals surface area contributed by atoms with Crippen LogP contribution in [0.1, 0.15) is 35.6 Å². The number of aliphatic hydroxyl groups excluding tert-OH is 1. The number of aromatic nitrogens is 2. The lowest BCUT2D eigenvalue weighted by Gasteiger charge is -2.43. The van der Waals surface area contributed by atoms with Crippen LogP contribution in [0.2, 0.25) is 0 Å². The van der Waals surface area contributed by atoms with Crippen LogP contribution in [0.5, 0.6) is 0 Å². The summed E-state index contributed by atoms with van der Waals surface area (Å²) in [5.74, 6) is 0.0173. The Morgan fingerprint density at radius 3 is 2.64 bits per heavy atom. The van der Waals surface area contributed by atoms with Crippen molar-refractivity contribution in [2.24, 2.45) is 7.05 Å². The third kappa shape index (κ3) is 3.06. The van der Waals surface area contributed by atoms with Crippen molar-refractivity contribution < 1.29 is 9.90 Å². The lowest BCUT2D eigenvalue weighted by Crippen LogP contribution is -2.50. The van der Waals surface area contributed by atoms with E-state index in [1.807, 2.05) is 44.4 Å². The van der Waals surface area contributed by atoms with Gasteiger partial charge in [0.05, 0.1) is 18.3 Å². The van der Waals surface area contributed by atoms with E-state index in [0.29, 0.717) is 13.1 Å². The first kappa shape index (κ1) is 18.9. The maximum Gasteiger partial charge on any atom is 0.246 e. The number of hydrogen-bond donors (Lipinski definition) is 1. The maximum absolute atomic E-state index is 12.6. The SMILES string of the molecule is CN(C)[C@@H]1c2ccccc2C2(CCN(C(=O)/C=C/c3cnn(C)c3)CC2)[C@H]1O. The van der Waals surface area contributed by atoms with Gasteiger partial charge in [0, 0.05) is 43.4 Å². The van der Waals surface area contributed by atoms with Gasteiger partial charge in [-0.05, 0) is 44.1 Å². The molecule has 6 nitrogen and oxygen atoms in total. The number of aryl methyl sites for hydroxylation is 1. The molecule has 6 heteroatoms. The third-order valence-corrected chi connectivity index (χ3v) is 6.35. The number of aliphatic hydroxyl groups is 1. The van der Waals surface area contributed by atoms with Crippen LogP contribution in [-0.4, -0.2) is 63.9 Å². The zero-order valence-electron chi connectivity index (χ0n) is 16.7. The van der Waals surface area contributed by atoms with E-state index in [1.165, 1.54) is 11.1 Å². The first-order valence-corrected chi connectivity index (χ1v) is 9.82. The van der Waals surface area contributed by atoms with Crippen LogP contribution < -0.4 is 0 Å². The molecule has 148 valence electrons. The number of likely N-dealkylation sites (tertiary alicyclic amines) is 1. The van der Waals surface area contributed by atoms with Crippen LogP contribution in [0.4, 0.5) is 0 Å². The molecule has 1 aromatic heterocycles. The Bertz CT molecular complexity index is 893. The van der Waals surface area contributed by atoms with Crippen LogP contribution in [0, 0.1) is 0 Å². The second kappa shape index (κ2) is 7.18. The number of likely N-dealkylation sites (N-methyl/N-ethyl adjacent to an activating group) is 1. The number of rotatable bonds is 3. The molecule has 4 rings (SSSR count). The van der Waals surface area contributed by atoms with Crippen LogP contribution in [0.3, 0.4) is 0 Å². The fourth-order valence-electron chi connectivity index (χ4n) is 4.89. The zero-order chi connectivity index (χ0) is 19.9. The Kier molecular flexibility index (Phi) is 4.85. The molecule has 1 amide bonds. The highest BCUT2D eigenvalue weighted by Crippen LogP contribution is 2.52. The summed E-state index contributed by atoms with van der Waals surface area (Å²) in [6, 6.07) is 8.39. The molecule has 2 atom stereocenters. The highest BCUT2D eigenvalue weighted by Gasteiger charge is 2.53. The molecule has 2 heterocycles. The van der Waals surface area contributed by atoms with Gasteiger partial charge in [0.15, 0.2) is 0 Å². The molecule has 1 aromatic carbocycles. The predicted molar refractivity (Wildman–Crippen MR) is 109 cm³/mol. The monoisotopic (exact) mass is 380 g/mol. The first-order valence-electron chi connectivity index (χ1n) is 9.82. The molecule has 1 fully saturated rings. The summed E-state index contributed by atoms with van der Waals surface area (Å²) in [5.41, 5.74) is 3.11. The summed E-state index contributed by atoms with van der Waals surface area (Å²) < 4.78 is 1.72. The van der Waals surface area contributed by atoms with Crippen molar-refractivity contribution in [3.05, 3.63) is 59.4 Å². The number of piperidine rings is 1. The number of amides is 1. The average Bonchev–Trinajstić information content (AvgIpc) is 3.20. The van der Waals surface area contributed by atoms with Crippen molar-refractivity contribution in [1.29, 1.82) is 0 Å². The zero-order valence-corrected chi connectivity index (χ0v) is 16.7. The Morgan fingerprint density at radius 2 is 2.00 bits per heavy atom. The van der Waals surface area contributed by atoms with Crippen molar-refractivity contribution >= 4 is 12.0 Å². The second-order valence-corrected chi connectivity index (χ2v) is 8.20. The van der Waals surface area contributed by atoms with Gasteiger partial charge < -0.3 is 14.9 Å². The number of benzene rings is 1. The van der Waals surface area contributed by atoms with Gasteiger partial charge in [0.2, 0.25) is 5.91 Å². The average molecular weight is 380 g/mol. The molecule has 0 unspecified atom stereocenters. The topological polar surface area (TPSA) is 61.6 Å². The molecule has 2 aromatic rings. The maximum atomic E-state index is 12.6. The number of carbonyl (C=O) groups excluding carboxylic acids is 1. The van der Waals surface area contributed by atoms with Gasteiger partial charge in [-0.15, -0.1) is 0 Å². The standard InChI is InChI=1S/C22H28N4O2/c1-24(2)20-17-6-4-5-7-18(17)22(21(20)28)10-12-26(13-11-22)19(27)9-8-16-14-23-25(3)15-16/h4-9,14-15,20-21,28H,10-13H2,1-3H3/b9-8+/t20-,21+/m1/s1. The largest absolute Gasteiger partial charge is 0.390 e. The molecule has 1 aliphatic carbocycles. The van der Waals surface area contributed by atoms with E-state index < -0.39 is 6.10 Å². The fourth-order valence-corrected chi connectivity index (χ4v) is 4.89. The molecular weight excluding hydrogens is 352 g/mol. The Labute approximate surface area is 166 Å². The van der Waals surface area contributed by atoms with Crippen molar-refractivity contribution in [1.82, 2.24) is 19.6 Å². The van der Waals surface area contributed by atoms with E-state index >= 15 is 0 Å². The molecule has 0 radical (unpaired) electrons. The molecular formula is C22H28N4O2. The quantitative estimate of drug-likeness (QED) is 0.827. The van der Waals surface area contributed by atoms with Crippen LogP contribution in [0.15, 0.2) is 42.7 Å². The summed E-state index contributed by atoms with van der Waals surface area (Å²) in [4.78, 5) is 16.6. The fraction of sp³-hybridized carbons (Fsp3) is 0.455. The summed E-state index contributed by atoms with van der Waals surface area (Å²) in [6.07, 6.45) is 8.15. The van der Waals surface area contributed by atoms with Crippen LogP contribution in [-0.2, 0) is 17.3 Å². The van der Waals surface area contributed by atoms with E-state index in [-0.39, 0.29) is 17.4 Å². The molecule has 28 heavy (non-hydrogen) atoms. The predicted octanol–water partition coefficient (Wildman–Crippen LogP) is 1.97. The van der Waals surface area contributed by atoms with Gasteiger partial charge >= 0.3 is 0 Å². The van der Waals surface area contributed by atoms with Gasteiger partial charge in [-0.3, -0.25) is 9.48 Å². The third-order valence-electron chi connectivity index (χ3n) is 6.35. The Hall–Kier alpha value is -2.44. The van der Waals surface area contributed by atoms with Gasteiger partial charge in [0.25, 0.3) is 0 Å². The van der Waals surface area contributed by atoms with Crippen molar-refractivity contribution in [2.75, 3.05) is 27.2 Å². The lowest BCUT2D eigenvalue weighted by atomic mass is 9.72. The minimum Gasteiger partial charge on any atom is -0.390 e. The highest BCUT2D eigenvalue weighted by atomic mass is 16.3. The number of nitrogens with zero attached hydrogens (tertiary/aromatic N) is 4. The van der Waals surface area contributed by atoms with Gasteiger partial charge in [-0.2, -0.15) is 5.10 Å². The van der Waals surface area contributed by atoms with E-state index in [9.17, 15) is 9.90 Å². The Morgan fingerprint density at radius 1 is 1.29 bits per heavy atom. The summed E-state index contributed by atoms with van der Waals surface area (Å²) in [7, 11) is 5.89. The lowest BCUT2D eigenvalue weighted by molar-refractivity contribution is -0.128. The van der Waals surface area contributed by atoms with E-state index in [1.54, 1.807) is 17.0 Å². The summed E-state index contributed by atoms with van der Waals surface area (Å²) >= 11 is 0.